The Morgan fingerprint density at radius 3 is 2.43 bits per heavy atom. The number of anilines is 1. The summed E-state index contributed by atoms with van der Waals surface area (Å²) >= 11 is 11.8. The molecule has 0 atom stereocenters. The third-order valence-corrected chi connectivity index (χ3v) is 4.47. The summed E-state index contributed by atoms with van der Waals surface area (Å²) in [6.07, 6.45) is 6.00. The van der Waals surface area contributed by atoms with E-state index in [0.717, 1.165) is 6.42 Å². The maximum absolute atomic E-state index is 12.0. The highest BCUT2D eigenvalue weighted by Crippen LogP contribution is 2.33. The third-order valence-electron chi connectivity index (χ3n) is 3.84. The Balaban J connectivity index is 2.05. The molecule has 0 bridgehead atoms. The summed E-state index contributed by atoms with van der Waals surface area (Å²) in [5.41, 5.74) is -0.0912. The first kappa shape index (κ1) is 16.1. The van der Waals surface area contributed by atoms with Gasteiger partial charge in [-0.05, 0) is 24.5 Å². The second-order valence-corrected chi connectivity index (χ2v) is 6.14. The van der Waals surface area contributed by atoms with E-state index in [1.807, 2.05) is 0 Å². The molecule has 2 N–H and O–H groups in total. The minimum absolute atomic E-state index is 0.0537. The van der Waals surface area contributed by atoms with Gasteiger partial charge in [0.1, 0.15) is 5.56 Å². The molecule has 0 radical (unpaired) electrons. The molecule has 1 aromatic carbocycles. The van der Waals surface area contributed by atoms with Gasteiger partial charge in [-0.25, -0.2) is 4.79 Å². The average Bonchev–Trinajstić information content (AvgIpc) is 2.93. The molecule has 0 heterocycles. The van der Waals surface area contributed by atoms with E-state index in [1.165, 1.54) is 37.8 Å². The SMILES string of the molecule is O=C(CCC1CCCC1)Nc1c(Cl)ccc(Cl)c1C(=O)O. The first-order valence-electron chi connectivity index (χ1n) is 7.00. The molecule has 6 heteroatoms. The van der Waals surface area contributed by atoms with Crippen LogP contribution in [-0.2, 0) is 4.79 Å². The van der Waals surface area contributed by atoms with Crippen molar-refractivity contribution in [3.63, 3.8) is 0 Å². The average molecular weight is 330 g/mol. The number of carboxylic acid groups (broad SMARTS) is 1. The van der Waals surface area contributed by atoms with Crippen molar-refractivity contribution < 1.29 is 14.7 Å². The van der Waals surface area contributed by atoms with Crippen LogP contribution in [0, 0.1) is 5.92 Å². The number of carbonyl (C=O) groups is 2. The molecule has 0 aliphatic heterocycles. The molecule has 0 spiro atoms. The van der Waals surface area contributed by atoms with Gasteiger partial charge in [-0.15, -0.1) is 0 Å². The zero-order valence-corrected chi connectivity index (χ0v) is 13.0. The van der Waals surface area contributed by atoms with Crippen LogP contribution in [-0.4, -0.2) is 17.0 Å². The largest absolute Gasteiger partial charge is 0.478 e. The van der Waals surface area contributed by atoms with Crippen molar-refractivity contribution in [2.24, 2.45) is 5.92 Å². The summed E-state index contributed by atoms with van der Waals surface area (Å²) in [6.45, 7) is 0. The van der Waals surface area contributed by atoms with Gasteiger partial charge in [-0.1, -0.05) is 48.9 Å². The van der Waals surface area contributed by atoms with Crippen molar-refractivity contribution in [1.29, 1.82) is 0 Å². The predicted molar refractivity (Wildman–Crippen MR) is 83.2 cm³/mol. The van der Waals surface area contributed by atoms with E-state index in [0.29, 0.717) is 12.3 Å². The van der Waals surface area contributed by atoms with Gasteiger partial charge in [-0.3, -0.25) is 4.79 Å². The summed E-state index contributed by atoms with van der Waals surface area (Å²) < 4.78 is 0. The van der Waals surface area contributed by atoms with Crippen LogP contribution in [0.3, 0.4) is 0 Å². The monoisotopic (exact) mass is 329 g/mol. The van der Waals surface area contributed by atoms with Gasteiger partial charge in [0.05, 0.1) is 15.7 Å². The van der Waals surface area contributed by atoms with Crippen LogP contribution < -0.4 is 5.32 Å². The molecule has 0 unspecified atom stereocenters. The molecule has 21 heavy (non-hydrogen) atoms. The van der Waals surface area contributed by atoms with Crippen LogP contribution in [0.25, 0.3) is 0 Å². The van der Waals surface area contributed by atoms with E-state index in [4.69, 9.17) is 23.2 Å². The van der Waals surface area contributed by atoms with Crippen molar-refractivity contribution in [2.45, 2.75) is 38.5 Å². The Labute approximate surface area is 133 Å². The molecule has 114 valence electrons. The summed E-state index contributed by atoms with van der Waals surface area (Å²) in [7, 11) is 0. The number of amides is 1. The number of aromatic carboxylic acids is 1. The summed E-state index contributed by atoms with van der Waals surface area (Å²) in [5, 5.41) is 12.0. The van der Waals surface area contributed by atoms with Crippen molar-refractivity contribution in [2.75, 3.05) is 5.32 Å². The van der Waals surface area contributed by atoms with Gasteiger partial charge in [0.25, 0.3) is 0 Å². The summed E-state index contributed by atoms with van der Waals surface area (Å²) in [4.78, 5) is 23.3. The fourth-order valence-electron chi connectivity index (χ4n) is 2.72. The van der Waals surface area contributed by atoms with Gasteiger partial charge < -0.3 is 10.4 Å². The first-order chi connectivity index (χ1) is 9.99. The quantitative estimate of drug-likeness (QED) is 0.829. The second-order valence-electron chi connectivity index (χ2n) is 5.32. The first-order valence-corrected chi connectivity index (χ1v) is 7.75. The van der Waals surface area contributed by atoms with Gasteiger partial charge in [-0.2, -0.15) is 0 Å². The van der Waals surface area contributed by atoms with Crippen molar-refractivity contribution in [3.05, 3.63) is 27.7 Å². The van der Waals surface area contributed by atoms with Crippen LogP contribution in [0.4, 0.5) is 5.69 Å². The van der Waals surface area contributed by atoms with Gasteiger partial charge in [0.15, 0.2) is 0 Å². The van der Waals surface area contributed by atoms with E-state index >= 15 is 0 Å². The topological polar surface area (TPSA) is 66.4 Å². The lowest BCUT2D eigenvalue weighted by molar-refractivity contribution is -0.116. The summed E-state index contributed by atoms with van der Waals surface area (Å²) in [5.74, 6) is -0.841. The smallest absolute Gasteiger partial charge is 0.339 e. The number of rotatable bonds is 5. The standard InChI is InChI=1S/C15H17Cl2NO3/c16-10-6-7-11(17)14(13(10)15(20)21)18-12(19)8-5-9-3-1-2-4-9/h6-7,9H,1-5,8H2,(H,18,19)(H,20,21). The van der Waals surface area contributed by atoms with E-state index in [2.05, 4.69) is 5.32 Å². The van der Waals surface area contributed by atoms with Crippen LogP contribution in [0.2, 0.25) is 10.0 Å². The normalized spacial score (nSPS) is 15.1. The lowest BCUT2D eigenvalue weighted by atomic mass is 10.0. The highest BCUT2D eigenvalue weighted by Gasteiger charge is 2.21. The lowest BCUT2D eigenvalue weighted by Gasteiger charge is -2.13. The maximum atomic E-state index is 12.0. The van der Waals surface area contributed by atoms with Crippen LogP contribution >= 0.6 is 23.2 Å². The Kier molecular flexibility index (Phi) is 5.48. The highest BCUT2D eigenvalue weighted by molar-refractivity contribution is 6.38. The Hall–Kier alpha value is -1.26. The molecule has 1 amide bonds. The summed E-state index contributed by atoms with van der Waals surface area (Å²) in [6, 6.07) is 2.88. The fourth-order valence-corrected chi connectivity index (χ4v) is 3.16. The molecular weight excluding hydrogens is 313 g/mol. The number of hydrogen-bond acceptors (Lipinski definition) is 2. The molecule has 0 aromatic heterocycles. The molecule has 1 aromatic rings. The van der Waals surface area contributed by atoms with Gasteiger partial charge in [0.2, 0.25) is 5.91 Å². The molecule has 4 nitrogen and oxygen atoms in total. The van der Waals surface area contributed by atoms with E-state index < -0.39 is 5.97 Å². The number of nitrogens with one attached hydrogen (secondary N) is 1. The zero-order valence-electron chi connectivity index (χ0n) is 11.5. The fraction of sp³-hybridized carbons (Fsp3) is 0.467. The Morgan fingerprint density at radius 1 is 1.19 bits per heavy atom. The molecule has 1 aliphatic carbocycles. The molecule has 1 saturated carbocycles. The highest BCUT2D eigenvalue weighted by atomic mass is 35.5. The molecule has 0 saturated heterocycles. The number of carboxylic acids is 1. The molecular formula is C15H17Cl2NO3. The molecule has 1 aliphatic rings. The van der Waals surface area contributed by atoms with Gasteiger partial charge >= 0.3 is 5.97 Å². The Bertz CT molecular complexity index is 554. The molecule has 1 fully saturated rings. The van der Waals surface area contributed by atoms with Crippen LogP contribution in [0.5, 0.6) is 0 Å². The van der Waals surface area contributed by atoms with Crippen LogP contribution in [0.1, 0.15) is 48.9 Å². The van der Waals surface area contributed by atoms with Crippen LogP contribution in [0.15, 0.2) is 12.1 Å². The predicted octanol–water partition coefficient (Wildman–Crippen LogP) is 4.60. The van der Waals surface area contributed by atoms with E-state index in [-0.39, 0.29) is 27.2 Å². The number of halogens is 2. The van der Waals surface area contributed by atoms with Crippen molar-refractivity contribution in [3.8, 4) is 0 Å². The maximum Gasteiger partial charge on any atom is 0.339 e. The number of benzene rings is 1. The van der Waals surface area contributed by atoms with E-state index in [9.17, 15) is 14.7 Å². The van der Waals surface area contributed by atoms with Gasteiger partial charge in [0, 0.05) is 6.42 Å². The zero-order chi connectivity index (χ0) is 15.4. The minimum atomic E-state index is -1.21. The molecule has 2 rings (SSSR count). The van der Waals surface area contributed by atoms with Crippen molar-refractivity contribution >= 4 is 40.8 Å². The number of carbonyl (C=O) groups excluding carboxylic acids is 1. The van der Waals surface area contributed by atoms with Crippen molar-refractivity contribution in [1.82, 2.24) is 0 Å². The third kappa shape index (κ3) is 4.11. The minimum Gasteiger partial charge on any atom is -0.478 e. The Morgan fingerprint density at radius 2 is 1.81 bits per heavy atom. The number of hydrogen-bond donors (Lipinski definition) is 2. The lowest BCUT2D eigenvalue weighted by Crippen LogP contribution is -2.16. The van der Waals surface area contributed by atoms with E-state index in [1.54, 1.807) is 0 Å². The second kappa shape index (κ2) is 7.14.